The van der Waals surface area contributed by atoms with Crippen molar-refractivity contribution in [1.29, 1.82) is 0 Å². The summed E-state index contributed by atoms with van der Waals surface area (Å²) < 4.78 is 11.3. The van der Waals surface area contributed by atoms with E-state index in [9.17, 15) is 4.79 Å². The van der Waals surface area contributed by atoms with Gasteiger partial charge in [0.2, 0.25) is 0 Å². The van der Waals surface area contributed by atoms with Crippen molar-refractivity contribution < 1.29 is 14.3 Å². The van der Waals surface area contributed by atoms with Crippen LogP contribution in [0.25, 0.3) is 0 Å². The number of terminal acetylenes is 1. The predicted octanol–water partition coefficient (Wildman–Crippen LogP) is 4.21. The van der Waals surface area contributed by atoms with Crippen molar-refractivity contribution in [3.63, 3.8) is 0 Å². The van der Waals surface area contributed by atoms with Crippen molar-refractivity contribution in [2.24, 2.45) is 0 Å². The fraction of sp³-hybridized carbons (Fsp3) is 0.435. The van der Waals surface area contributed by atoms with Gasteiger partial charge < -0.3 is 14.4 Å². The molecule has 1 aliphatic heterocycles. The molecule has 0 radical (unpaired) electrons. The van der Waals surface area contributed by atoms with Crippen LogP contribution in [0.15, 0.2) is 48.3 Å². The van der Waals surface area contributed by atoms with E-state index in [0.29, 0.717) is 18.8 Å². The van der Waals surface area contributed by atoms with Crippen molar-refractivity contribution in [3.05, 3.63) is 53.8 Å². The topological polar surface area (TPSA) is 42.0 Å². The Morgan fingerprint density at radius 3 is 2.57 bits per heavy atom. The standard InChI is InChI=1S/C23H30N2O3/c1-6-9-20(10-7-2)27-21-12-8-11-19(17-21)18-24-13-15-25(16-14-24)22(26)28-23(3,4)5/h1,7-12,17H,13-16,18H2,2-5H3/b10-7-,20-9+. The van der Waals surface area contributed by atoms with Gasteiger partial charge in [0.25, 0.3) is 0 Å². The molecule has 0 aliphatic carbocycles. The number of hydrogen-bond donors (Lipinski definition) is 0. The Kier molecular flexibility index (Phi) is 7.71. The van der Waals surface area contributed by atoms with E-state index in [1.54, 1.807) is 11.0 Å². The van der Waals surface area contributed by atoms with Gasteiger partial charge >= 0.3 is 6.09 Å². The summed E-state index contributed by atoms with van der Waals surface area (Å²) in [7, 11) is 0. The van der Waals surface area contributed by atoms with Crippen LogP contribution in [0.3, 0.4) is 0 Å². The van der Waals surface area contributed by atoms with Crippen molar-refractivity contribution in [1.82, 2.24) is 9.80 Å². The Bertz CT molecular complexity index is 761. The summed E-state index contributed by atoms with van der Waals surface area (Å²) >= 11 is 0. The number of piperazine rings is 1. The first kappa shape index (κ1) is 21.6. The minimum Gasteiger partial charge on any atom is -0.457 e. The Labute approximate surface area is 168 Å². The minimum absolute atomic E-state index is 0.237. The molecule has 0 bridgehead atoms. The lowest BCUT2D eigenvalue weighted by Crippen LogP contribution is -2.49. The molecule has 1 amide bonds. The molecule has 0 aromatic heterocycles. The second-order valence-corrected chi connectivity index (χ2v) is 7.71. The van der Waals surface area contributed by atoms with E-state index < -0.39 is 5.60 Å². The van der Waals surface area contributed by atoms with Crippen LogP contribution in [0, 0.1) is 12.3 Å². The molecular formula is C23H30N2O3. The normalized spacial score (nSPS) is 16.1. The fourth-order valence-corrected chi connectivity index (χ4v) is 2.87. The Morgan fingerprint density at radius 2 is 1.96 bits per heavy atom. The highest BCUT2D eigenvalue weighted by molar-refractivity contribution is 5.68. The Balaban J connectivity index is 1.91. The van der Waals surface area contributed by atoms with E-state index in [4.69, 9.17) is 15.9 Å². The molecular weight excluding hydrogens is 352 g/mol. The van der Waals surface area contributed by atoms with Crippen LogP contribution in [0.1, 0.15) is 33.3 Å². The molecule has 0 atom stereocenters. The molecule has 2 rings (SSSR count). The van der Waals surface area contributed by atoms with Gasteiger partial charge in [-0.2, -0.15) is 0 Å². The van der Waals surface area contributed by atoms with Crippen molar-refractivity contribution >= 4 is 6.09 Å². The summed E-state index contributed by atoms with van der Waals surface area (Å²) in [6, 6.07) is 7.99. The molecule has 0 N–H and O–H groups in total. The second-order valence-electron chi connectivity index (χ2n) is 7.71. The first-order chi connectivity index (χ1) is 13.3. The molecule has 1 aromatic rings. The summed E-state index contributed by atoms with van der Waals surface area (Å²) in [6.45, 7) is 11.3. The fourth-order valence-electron chi connectivity index (χ4n) is 2.87. The highest BCUT2D eigenvalue weighted by atomic mass is 16.6. The smallest absolute Gasteiger partial charge is 0.410 e. The molecule has 1 heterocycles. The number of carbonyl (C=O) groups is 1. The minimum atomic E-state index is -0.464. The molecule has 28 heavy (non-hydrogen) atoms. The molecule has 0 unspecified atom stereocenters. The van der Waals surface area contributed by atoms with Gasteiger partial charge in [-0.05, 0) is 51.5 Å². The first-order valence-electron chi connectivity index (χ1n) is 9.57. The van der Waals surface area contributed by atoms with E-state index in [1.165, 1.54) is 0 Å². The van der Waals surface area contributed by atoms with Crippen molar-refractivity contribution in [2.75, 3.05) is 26.2 Å². The summed E-state index contributed by atoms with van der Waals surface area (Å²) in [5.74, 6) is 3.88. The number of nitrogens with zero attached hydrogens (tertiary/aromatic N) is 2. The third kappa shape index (κ3) is 7.13. The molecule has 1 saturated heterocycles. The quantitative estimate of drug-likeness (QED) is 0.435. The third-order valence-electron chi connectivity index (χ3n) is 4.12. The zero-order valence-electron chi connectivity index (χ0n) is 17.3. The monoisotopic (exact) mass is 382 g/mol. The summed E-state index contributed by atoms with van der Waals surface area (Å²) in [5, 5.41) is 0. The summed E-state index contributed by atoms with van der Waals surface area (Å²) in [5.41, 5.74) is 0.692. The Morgan fingerprint density at radius 1 is 1.25 bits per heavy atom. The molecule has 1 aliphatic rings. The van der Waals surface area contributed by atoms with E-state index in [-0.39, 0.29) is 6.09 Å². The highest BCUT2D eigenvalue weighted by Gasteiger charge is 2.25. The van der Waals surface area contributed by atoms with Gasteiger partial charge in [0.05, 0.1) is 0 Å². The zero-order valence-corrected chi connectivity index (χ0v) is 17.3. The number of allylic oxidation sites excluding steroid dienone is 3. The molecule has 5 nitrogen and oxygen atoms in total. The second kappa shape index (κ2) is 10.0. The van der Waals surface area contributed by atoms with Gasteiger partial charge in [-0.15, -0.1) is 6.42 Å². The summed E-state index contributed by atoms with van der Waals surface area (Å²) in [4.78, 5) is 16.3. The lowest BCUT2D eigenvalue weighted by Gasteiger charge is -2.35. The van der Waals surface area contributed by atoms with Crippen LogP contribution < -0.4 is 4.74 Å². The average molecular weight is 383 g/mol. The number of rotatable bonds is 5. The van der Waals surface area contributed by atoms with E-state index >= 15 is 0 Å². The maximum absolute atomic E-state index is 12.2. The van der Waals surface area contributed by atoms with Crippen LogP contribution in [0.2, 0.25) is 0 Å². The average Bonchev–Trinajstić information content (AvgIpc) is 2.61. The highest BCUT2D eigenvalue weighted by Crippen LogP contribution is 2.19. The number of ether oxygens (including phenoxy) is 2. The molecule has 1 aromatic carbocycles. The molecule has 1 fully saturated rings. The Hall–Kier alpha value is -2.71. The van der Waals surface area contributed by atoms with Gasteiger partial charge in [-0.3, -0.25) is 4.90 Å². The van der Waals surface area contributed by atoms with Crippen molar-refractivity contribution in [2.45, 2.75) is 39.8 Å². The van der Waals surface area contributed by atoms with Gasteiger partial charge in [0, 0.05) is 38.8 Å². The maximum Gasteiger partial charge on any atom is 0.410 e. The number of benzene rings is 1. The van der Waals surface area contributed by atoms with E-state index in [0.717, 1.165) is 30.9 Å². The lowest BCUT2D eigenvalue weighted by molar-refractivity contribution is 0.0139. The van der Waals surface area contributed by atoms with E-state index in [2.05, 4.69) is 16.9 Å². The SMILES string of the molecule is C#C/C=C(\C=C/C)Oc1cccc(CN2CCN(C(=O)OC(C)(C)C)CC2)c1. The van der Waals surface area contributed by atoms with Crippen LogP contribution in [0.4, 0.5) is 4.79 Å². The van der Waals surface area contributed by atoms with Crippen molar-refractivity contribution in [3.8, 4) is 18.1 Å². The summed E-state index contributed by atoms with van der Waals surface area (Å²) in [6.07, 6.45) is 10.4. The van der Waals surface area contributed by atoms with Gasteiger partial charge in [-0.25, -0.2) is 4.79 Å². The first-order valence-corrected chi connectivity index (χ1v) is 9.57. The van der Waals surface area contributed by atoms with Crippen LogP contribution >= 0.6 is 0 Å². The number of amides is 1. The van der Waals surface area contributed by atoms with Crippen LogP contribution in [-0.2, 0) is 11.3 Å². The van der Waals surface area contributed by atoms with Gasteiger partial charge in [0.15, 0.2) is 0 Å². The largest absolute Gasteiger partial charge is 0.457 e. The van der Waals surface area contributed by atoms with Gasteiger partial charge in [-0.1, -0.05) is 24.1 Å². The molecule has 5 heteroatoms. The number of hydrogen-bond acceptors (Lipinski definition) is 4. The van der Waals surface area contributed by atoms with Gasteiger partial charge in [0.1, 0.15) is 17.1 Å². The molecule has 150 valence electrons. The van der Waals surface area contributed by atoms with Crippen LogP contribution in [-0.4, -0.2) is 47.7 Å². The molecule has 0 saturated carbocycles. The van der Waals surface area contributed by atoms with E-state index in [1.807, 2.05) is 58.0 Å². The predicted molar refractivity (Wildman–Crippen MR) is 112 cm³/mol. The number of carbonyl (C=O) groups excluding carboxylic acids is 1. The lowest BCUT2D eigenvalue weighted by atomic mass is 10.2. The molecule has 0 spiro atoms. The van der Waals surface area contributed by atoms with Crippen LogP contribution in [0.5, 0.6) is 5.75 Å². The zero-order chi connectivity index (χ0) is 20.6. The maximum atomic E-state index is 12.2. The third-order valence-corrected chi connectivity index (χ3v) is 4.12.